The van der Waals surface area contributed by atoms with E-state index in [9.17, 15) is 9.59 Å². The Balaban J connectivity index is 2.19. The predicted molar refractivity (Wildman–Crippen MR) is 68.7 cm³/mol. The molecule has 96 valence electrons. The van der Waals surface area contributed by atoms with Crippen LogP contribution in [0.3, 0.4) is 0 Å². The maximum absolute atomic E-state index is 11.9. The number of hydrogen-bond donors (Lipinski definition) is 2. The van der Waals surface area contributed by atoms with Crippen molar-refractivity contribution in [2.45, 2.75) is 18.9 Å². The van der Waals surface area contributed by atoms with Crippen LogP contribution in [0.25, 0.3) is 0 Å². The van der Waals surface area contributed by atoms with Gasteiger partial charge in [0.15, 0.2) is 0 Å². The normalized spacial score (nSPS) is 18.6. The number of hydrogen-bond acceptors (Lipinski definition) is 3. The number of nitrogens with one attached hydrogen (secondary N) is 1. The molecule has 0 aromatic heterocycles. The number of ether oxygens (including phenoxy) is 1. The number of anilines is 1. The van der Waals surface area contributed by atoms with Gasteiger partial charge in [0.2, 0.25) is 0 Å². The first-order valence-electron chi connectivity index (χ1n) is 5.53. The second-order valence-electron chi connectivity index (χ2n) is 3.99. The summed E-state index contributed by atoms with van der Waals surface area (Å²) in [7, 11) is 0. The molecule has 1 aliphatic heterocycles. The van der Waals surface area contributed by atoms with Gasteiger partial charge in [0.1, 0.15) is 6.10 Å². The third-order valence-electron chi connectivity index (χ3n) is 2.69. The summed E-state index contributed by atoms with van der Waals surface area (Å²) in [6, 6.07) is 4.62. The van der Waals surface area contributed by atoms with Crippen molar-refractivity contribution in [1.29, 1.82) is 0 Å². The second-order valence-corrected chi connectivity index (χ2v) is 4.90. The zero-order chi connectivity index (χ0) is 13.1. The van der Waals surface area contributed by atoms with Crippen molar-refractivity contribution in [3.63, 3.8) is 0 Å². The fraction of sp³-hybridized carbons (Fsp3) is 0.333. The summed E-state index contributed by atoms with van der Waals surface area (Å²) in [5, 5.41) is 11.6. The Labute approximate surface area is 112 Å². The van der Waals surface area contributed by atoms with Gasteiger partial charge in [0.25, 0.3) is 5.91 Å². The van der Waals surface area contributed by atoms with Crippen molar-refractivity contribution in [2.75, 3.05) is 11.9 Å². The Morgan fingerprint density at radius 2 is 2.22 bits per heavy atom. The molecule has 18 heavy (non-hydrogen) atoms. The maximum atomic E-state index is 11.9. The van der Waals surface area contributed by atoms with E-state index in [2.05, 4.69) is 21.2 Å². The van der Waals surface area contributed by atoms with Gasteiger partial charge in [-0.1, -0.05) is 15.9 Å². The molecule has 1 fully saturated rings. The van der Waals surface area contributed by atoms with E-state index in [1.165, 1.54) is 6.07 Å². The largest absolute Gasteiger partial charge is 0.478 e. The van der Waals surface area contributed by atoms with E-state index in [0.29, 0.717) is 17.5 Å². The van der Waals surface area contributed by atoms with E-state index in [0.717, 1.165) is 6.42 Å². The van der Waals surface area contributed by atoms with E-state index in [4.69, 9.17) is 9.84 Å². The van der Waals surface area contributed by atoms with Crippen LogP contribution < -0.4 is 5.32 Å². The molecule has 1 amide bonds. The van der Waals surface area contributed by atoms with Crippen molar-refractivity contribution in [3.05, 3.63) is 28.2 Å². The first-order chi connectivity index (χ1) is 8.58. The number of aromatic carboxylic acids is 1. The highest BCUT2D eigenvalue weighted by Crippen LogP contribution is 2.23. The lowest BCUT2D eigenvalue weighted by molar-refractivity contribution is -0.124. The Bertz CT molecular complexity index is 483. The molecule has 1 aromatic rings. The molecule has 5 nitrogen and oxygen atoms in total. The molecule has 1 heterocycles. The highest BCUT2D eigenvalue weighted by atomic mass is 79.9. The van der Waals surface area contributed by atoms with Crippen LogP contribution in [0.2, 0.25) is 0 Å². The molecule has 0 radical (unpaired) electrons. The lowest BCUT2D eigenvalue weighted by Crippen LogP contribution is -2.27. The van der Waals surface area contributed by atoms with E-state index in [-0.39, 0.29) is 17.2 Å². The van der Waals surface area contributed by atoms with E-state index in [1.807, 2.05) is 0 Å². The van der Waals surface area contributed by atoms with Crippen LogP contribution in [0.15, 0.2) is 22.7 Å². The van der Waals surface area contributed by atoms with Crippen molar-refractivity contribution < 1.29 is 19.4 Å². The molecule has 0 spiro atoms. The second kappa shape index (κ2) is 5.49. The van der Waals surface area contributed by atoms with Crippen LogP contribution in [0.4, 0.5) is 5.69 Å². The Morgan fingerprint density at radius 3 is 2.83 bits per heavy atom. The molecule has 2 N–H and O–H groups in total. The minimum atomic E-state index is -1.08. The minimum absolute atomic E-state index is 0.0598. The molecule has 0 bridgehead atoms. The summed E-state index contributed by atoms with van der Waals surface area (Å²) >= 11 is 3.24. The summed E-state index contributed by atoms with van der Waals surface area (Å²) in [5.41, 5.74) is 0.335. The van der Waals surface area contributed by atoms with E-state index in [1.54, 1.807) is 12.1 Å². The summed E-state index contributed by atoms with van der Waals surface area (Å²) in [4.78, 5) is 22.9. The predicted octanol–water partition coefficient (Wildman–Crippen LogP) is 2.26. The van der Waals surface area contributed by atoms with Gasteiger partial charge in [0, 0.05) is 11.1 Å². The van der Waals surface area contributed by atoms with Crippen LogP contribution in [-0.2, 0) is 9.53 Å². The first-order valence-corrected chi connectivity index (χ1v) is 6.32. The molecule has 1 unspecified atom stereocenters. The van der Waals surface area contributed by atoms with Crippen LogP contribution in [0.5, 0.6) is 0 Å². The Morgan fingerprint density at radius 1 is 1.44 bits per heavy atom. The van der Waals surface area contributed by atoms with Gasteiger partial charge in [-0.25, -0.2) is 4.79 Å². The maximum Gasteiger partial charge on any atom is 0.337 e. The molecule has 1 atom stereocenters. The quantitative estimate of drug-likeness (QED) is 0.897. The highest BCUT2D eigenvalue weighted by molar-refractivity contribution is 9.10. The highest BCUT2D eigenvalue weighted by Gasteiger charge is 2.24. The van der Waals surface area contributed by atoms with E-state index < -0.39 is 12.1 Å². The van der Waals surface area contributed by atoms with Crippen molar-refractivity contribution in [3.8, 4) is 0 Å². The fourth-order valence-electron chi connectivity index (χ4n) is 1.80. The monoisotopic (exact) mass is 313 g/mol. The molecule has 6 heteroatoms. The molecule has 1 saturated heterocycles. The van der Waals surface area contributed by atoms with Crippen molar-refractivity contribution >= 4 is 33.5 Å². The van der Waals surface area contributed by atoms with Gasteiger partial charge in [-0.3, -0.25) is 4.79 Å². The number of carboxylic acids is 1. The summed E-state index contributed by atoms with van der Waals surface area (Å²) in [5.74, 6) is -1.38. The van der Waals surface area contributed by atoms with Gasteiger partial charge in [0.05, 0.1) is 11.3 Å². The third kappa shape index (κ3) is 2.88. The zero-order valence-corrected chi connectivity index (χ0v) is 11.1. The molecule has 2 rings (SSSR count). The summed E-state index contributed by atoms with van der Waals surface area (Å²) in [6.07, 6.45) is 1.04. The van der Waals surface area contributed by atoms with Crippen molar-refractivity contribution in [1.82, 2.24) is 0 Å². The van der Waals surface area contributed by atoms with Gasteiger partial charge in [-0.2, -0.15) is 0 Å². The molecular formula is C12H12BrNO4. The van der Waals surface area contributed by atoms with E-state index >= 15 is 0 Å². The minimum Gasteiger partial charge on any atom is -0.478 e. The molecule has 1 aliphatic rings. The number of benzene rings is 1. The topological polar surface area (TPSA) is 75.6 Å². The Hall–Kier alpha value is -1.40. The fourth-order valence-corrected chi connectivity index (χ4v) is 2.17. The number of carbonyl (C=O) groups is 2. The SMILES string of the molecule is O=C(O)c1ccc(Br)cc1NC(=O)C1CCCO1. The van der Waals surface area contributed by atoms with Crippen LogP contribution in [-0.4, -0.2) is 29.7 Å². The smallest absolute Gasteiger partial charge is 0.337 e. The number of amides is 1. The van der Waals surface area contributed by atoms with Crippen LogP contribution in [0, 0.1) is 0 Å². The van der Waals surface area contributed by atoms with Crippen molar-refractivity contribution in [2.24, 2.45) is 0 Å². The van der Waals surface area contributed by atoms with Crippen LogP contribution >= 0.6 is 15.9 Å². The Kier molecular flexibility index (Phi) is 3.98. The zero-order valence-electron chi connectivity index (χ0n) is 9.48. The molecule has 0 aliphatic carbocycles. The lowest BCUT2D eigenvalue weighted by Gasteiger charge is -2.12. The van der Waals surface area contributed by atoms with Gasteiger partial charge in [-0.15, -0.1) is 0 Å². The number of halogens is 1. The molecule has 1 aromatic carbocycles. The average Bonchev–Trinajstić information content (AvgIpc) is 2.81. The van der Waals surface area contributed by atoms with Gasteiger partial charge in [-0.05, 0) is 31.0 Å². The number of rotatable bonds is 3. The number of carbonyl (C=O) groups excluding carboxylic acids is 1. The first kappa shape index (κ1) is 13.0. The standard InChI is InChI=1S/C12H12BrNO4/c13-7-3-4-8(12(16)17)9(6-7)14-11(15)10-2-1-5-18-10/h3-4,6,10H,1-2,5H2,(H,14,15)(H,16,17). The van der Waals surface area contributed by atoms with Gasteiger partial charge < -0.3 is 15.2 Å². The van der Waals surface area contributed by atoms with Crippen LogP contribution in [0.1, 0.15) is 23.2 Å². The average molecular weight is 314 g/mol. The number of carboxylic acid groups (broad SMARTS) is 1. The van der Waals surface area contributed by atoms with Gasteiger partial charge >= 0.3 is 5.97 Å². The molecule has 0 saturated carbocycles. The summed E-state index contributed by atoms with van der Waals surface area (Å²) < 4.78 is 5.95. The molecular weight excluding hydrogens is 302 g/mol. The lowest BCUT2D eigenvalue weighted by atomic mass is 10.1. The third-order valence-corrected chi connectivity index (χ3v) is 3.19. The summed E-state index contributed by atoms with van der Waals surface area (Å²) in [6.45, 7) is 0.572.